The number of phenols is 1. The summed E-state index contributed by atoms with van der Waals surface area (Å²) in [5.74, 6) is -0.406. The van der Waals surface area contributed by atoms with Gasteiger partial charge in [0.25, 0.3) is 5.91 Å². The van der Waals surface area contributed by atoms with Gasteiger partial charge in [-0.3, -0.25) is 4.79 Å². The highest BCUT2D eigenvalue weighted by molar-refractivity contribution is 5.95. The Labute approximate surface area is 213 Å². The van der Waals surface area contributed by atoms with E-state index in [1.54, 1.807) is 50.2 Å². The Balaban J connectivity index is 1.69. The number of benzene rings is 2. The van der Waals surface area contributed by atoms with Crippen LogP contribution in [-0.2, 0) is 14.3 Å². The lowest BCUT2D eigenvalue weighted by Gasteiger charge is -2.28. The van der Waals surface area contributed by atoms with Gasteiger partial charge in [0.2, 0.25) is 0 Å². The van der Waals surface area contributed by atoms with E-state index in [1.807, 2.05) is 0 Å². The highest BCUT2D eigenvalue weighted by Crippen LogP contribution is 2.34. The molecule has 12 nitrogen and oxygen atoms in total. The maximum Gasteiger partial charge on any atom is 0.338 e. The summed E-state index contributed by atoms with van der Waals surface area (Å²) in [5, 5.41) is 19.2. The van der Waals surface area contributed by atoms with Gasteiger partial charge in [-0.15, -0.1) is 0 Å². The average molecular weight is 513 g/mol. The Hall–Kier alpha value is -4.74. The maximum absolute atomic E-state index is 12.5. The van der Waals surface area contributed by atoms with Crippen LogP contribution < -0.4 is 30.3 Å². The van der Waals surface area contributed by atoms with Gasteiger partial charge in [-0.05, 0) is 43.7 Å². The highest BCUT2D eigenvalue weighted by Gasteiger charge is 2.32. The molecule has 0 fully saturated rings. The van der Waals surface area contributed by atoms with E-state index in [9.17, 15) is 19.5 Å². The zero-order chi connectivity index (χ0) is 26.9. The Morgan fingerprint density at radius 1 is 1.14 bits per heavy atom. The first kappa shape index (κ1) is 26.9. The summed E-state index contributed by atoms with van der Waals surface area (Å²) < 4.78 is 21.1. The van der Waals surface area contributed by atoms with Gasteiger partial charge >= 0.3 is 12.0 Å². The molecule has 2 aromatic carbocycles. The van der Waals surface area contributed by atoms with Crippen molar-refractivity contribution < 1.29 is 38.4 Å². The fourth-order valence-corrected chi connectivity index (χ4v) is 3.56. The summed E-state index contributed by atoms with van der Waals surface area (Å²) in [6, 6.07) is 8.42. The second kappa shape index (κ2) is 12.3. The van der Waals surface area contributed by atoms with Crippen LogP contribution >= 0.6 is 0 Å². The van der Waals surface area contributed by atoms with E-state index >= 15 is 0 Å². The van der Waals surface area contributed by atoms with E-state index in [2.05, 4.69) is 21.2 Å². The summed E-state index contributed by atoms with van der Waals surface area (Å²) in [5.41, 5.74) is 3.85. The standard InChI is InChI=1S/C25H28N4O8/c1-5-36-24(32)21-14(2)27-25(33)28-22(21)15-9-10-17(19(11-15)35-4)37-13-20(30)29-26-12-16-7-6-8-18(34-3)23(16)31/h6-12,22,31H,5,13H2,1-4H3,(H,29,30)(H2,27,28,33)/b26-12-/t22-/m1/s1. The van der Waals surface area contributed by atoms with Gasteiger partial charge in [0.05, 0.1) is 38.7 Å². The summed E-state index contributed by atoms with van der Waals surface area (Å²) in [6.07, 6.45) is 1.27. The minimum Gasteiger partial charge on any atom is -0.504 e. The van der Waals surface area contributed by atoms with Crippen LogP contribution in [0.25, 0.3) is 0 Å². The molecule has 0 radical (unpaired) electrons. The molecule has 12 heteroatoms. The zero-order valence-corrected chi connectivity index (χ0v) is 20.8. The smallest absolute Gasteiger partial charge is 0.338 e. The SMILES string of the molecule is CCOC(=O)C1=C(C)NC(=O)N[C@@H]1c1ccc(OCC(=O)N/N=C\c2cccc(OC)c2O)c(OC)c1. The third kappa shape index (κ3) is 6.48. The molecule has 196 valence electrons. The van der Waals surface area contributed by atoms with E-state index in [-0.39, 0.29) is 41.8 Å². The van der Waals surface area contributed by atoms with Gasteiger partial charge in [0, 0.05) is 11.3 Å². The number of ether oxygens (including phenoxy) is 4. The molecule has 3 amide bonds. The first-order valence-corrected chi connectivity index (χ1v) is 11.2. The minimum atomic E-state index is -0.776. The van der Waals surface area contributed by atoms with Crippen molar-refractivity contribution in [3.63, 3.8) is 0 Å². The van der Waals surface area contributed by atoms with Crippen LogP contribution in [0.2, 0.25) is 0 Å². The van der Waals surface area contributed by atoms with Crippen LogP contribution in [0.1, 0.15) is 31.0 Å². The zero-order valence-electron chi connectivity index (χ0n) is 20.8. The summed E-state index contributed by atoms with van der Waals surface area (Å²) in [6.45, 7) is 3.11. The Bertz CT molecular complexity index is 1240. The van der Waals surface area contributed by atoms with Crippen molar-refractivity contribution in [1.29, 1.82) is 0 Å². The molecule has 0 spiro atoms. The minimum absolute atomic E-state index is 0.106. The van der Waals surface area contributed by atoms with Crippen LogP contribution in [0.15, 0.2) is 52.8 Å². The number of carbonyl (C=O) groups is 3. The molecule has 0 saturated carbocycles. The molecule has 4 N–H and O–H groups in total. The second-order valence-corrected chi connectivity index (χ2v) is 7.68. The average Bonchev–Trinajstić information content (AvgIpc) is 2.88. The topological polar surface area (TPSA) is 157 Å². The molecule has 0 aromatic heterocycles. The molecular formula is C25H28N4O8. The van der Waals surface area contributed by atoms with E-state index in [1.165, 1.54) is 20.4 Å². The number of hydrogen-bond donors (Lipinski definition) is 4. The van der Waals surface area contributed by atoms with E-state index in [0.717, 1.165) is 0 Å². The lowest BCUT2D eigenvalue weighted by atomic mass is 9.95. The molecule has 2 aromatic rings. The van der Waals surface area contributed by atoms with Gasteiger partial charge in [-0.2, -0.15) is 5.10 Å². The number of nitrogens with one attached hydrogen (secondary N) is 3. The van der Waals surface area contributed by atoms with Crippen molar-refractivity contribution >= 4 is 24.1 Å². The Kier molecular flexibility index (Phi) is 8.92. The number of hydrogen-bond acceptors (Lipinski definition) is 9. The molecule has 37 heavy (non-hydrogen) atoms. The number of esters is 1. The molecule has 3 rings (SSSR count). The number of aromatic hydroxyl groups is 1. The van der Waals surface area contributed by atoms with Crippen LogP contribution in [0.3, 0.4) is 0 Å². The van der Waals surface area contributed by atoms with Gasteiger partial charge in [0.1, 0.15) is 0 Å². The van der Waals surface area contributed by atoms with Crippen LogP contribution in [-0.4, -0.2) is 56.7 Å². The Morgan fingerprint density at radius 3 is 2.59 bits per heavy atom. The number of para-hydroxylation sites is 1. The number of carbonyl (C=O) groups excluding carboxylic acids is 3. The summed E-state index contributed by atoms with van der Waals surface area (Å²) >= 11 is 0. The fraction of sp³-hybridized carbons (Fsp3) is 0.280. The number of methoxy groups -OCH3 is 2. The first-order valence-electron chi connectivity index (χ1n) is 11.2. The number of urea groups is 1. The number of phenolic OH excluding ortho intramolecular Hbond substituents is 1. The first-order chi connectivity index (χ1) is 17.8. The molecule has 0 saturated heterocycles. The number of amides is 3. The predicted molar refractivity (Wildman–Crippen MR) is 133 cm³/mol. The van der Waals surface area contributed by atoms with Gasteiger partial charge in [0.15, 0.2) is 29.6 Å². The monoisotopic (exact) mass is 512 g/mol. The van der Waals surface area contributed by atoms with Crippen molar-refractivity contribution in [3.05, 3.63) is 58.8 Å². The molecule has 0 unspecified atom stereocenters. The molecule has 1 atom stereocenters. The summed E-state index contributed by atoms with van der Waals surface area (Å²) in [7, 11) is 2.85. The van der Waals surface area contributed by atoms with Crippen molar-refractivity contribution in [1.82, 2.24) is 16.1 Å². The number of allylic oxidation sites excluding steroid dienone is 1. The Morgan fingerprint density at radius 2 is 1.89 bits per heavy atom. The highest BCUT2D eigenvalue weighted by atomic mass is 16.5. The van der Waals surface area contributed by atoms with Crippen molar-refractivity contribution in [3.8, 4) is 23.0 Å². The van der Waals surface area contributed by atoms with E-state index in [0.29, 0.717) is 16.8 Å². The molecular weight excluding hydrogens is 484 g/mol. The van der Waals surface area contributed by atoms with E-state index < -0.39 is 23.9 Å². The molecule has 0 bridgehead atoms. The number of hydrazone groups is 1. The maximum atomic E-state index is 12.5. The third-order valence-electron chi connectivity index (χ3n) is 5.29. The normalized spacial score (nSPS) is 15.0. The summed E-state index contributed by atoms with van der Waals surface area (Å²) in [4.78, 5) is 36.8. The molecule has 1 heterocycles. The van der Waals surface area contributed by atoms with Crippen molar-refractivity contribution in [2.45, 2.75) is 19.9 Å². The van der Waals surface area contributed by atoms with Crippen molar-refractivity contribution in [2.24, 2.45) is 5.10 Å². The molecule has 1 aliphatic heterocycles. The quantitative estimate of drug-likeness (QED) is 0.214. The van der Waals surface area contributed by atoms with Gasteiger partial charge in [-0.1, -0.05) is 12.1 Å². The van der Waals surface area contributed by atoms with Gasteiger partial charge < -0.3 is 34.7 Å². The van der Waals surface area contributed by atoms with Crippen LogP contribution in [0.4, 0.5) is 4.79 Å². The largest absolute Gasteiger partial charge is 0.504 e. The van der Waals surface area contributed by atoms with Crippen LogP contribution in [0, 0.1) is 0 Å². The van der Waals surface area contributed by atoms with Crippen LogP contribution in [0.5, 0.6) is 23.0 Å². The van der Waals surface area contributed by atoms with Gasteiger partial charge in [-0.25, -0.2) is 15.0 Å². The number of nitrogens with zero attached hydrogens (tertiary/aromatic N) is 1. The third-order valence-corrected chi connectivity index (χ3v) is 5.29. The molecule has 0 aliphatic carbocycles. The lowest BCUT2D eigenvalue weighted by Crippen LogP contribution is -2.45. The van der Waals surface area contributed by atoms with Crippen molar-refractivity contribution in [2.75, 3.05) is 27.4 Å². The van der Waals surface area contributed by atoms with E-state index in [4.69, 9.17) is 18.9 Å². The lowest BCUT2D eigenvalue weighted by molar-refractivity contribution is -0.139. The fourth-order valence-electron chi connectivity index (χ4n) is 3.56. The number of rotatable bonds is 10. The molecule has 1 aliphatic rings. The predicted octanol–water partition coefficient (Wildman–Crippen LogP) is 2.13. The second-order valence-electron chi connectivity index (χ2n) is 7.68.